The van der Waals surface area contributed by atoms with Gasteiger partial charge in [0.25, 0.3) is 5.91 Å². The second kappa shape index (κ2) is 5.77. The van der Waals surface area contributed by atoms with Crippen molar-refractivity contribution < 1.29 is 9.35 Å². The summed E-state index contributed by atoms with van der Waals surface area (Å²) < 4.78 is 11.6. The average Bonchev–Trinajstić information content (AvgIpc) is 2.39. The van der Waals surface area contributed by atoms with Crippen molar-refractivity contribution in [3.8, 4) is 0 Å². The first-order valence-corrected chi connectivity index (χ1v) is 7.23. The molecular formula is C14H14N2O2S. The lowest BCUT2D eigenvalue weighted by Gasteiger charge is -2.12. The van der Waals surface area contributed by atoms with E-state index in [0.717, 1.165) is 0 Å². The van der Waals surface area contributed by atoms with Gasteiger partial charge in [0, 0.05) is 5.69 Å². The zero-order valence-corrected chi connectivity index (χ0v) is 11.2. The van der Waals surface area contributed by atoms with Crippen molar-refractivity contribution in [3.05, 3.63) is 54.1 Å². The molecule has 98 valence electrons. The Bertz CT molecular complexity index is 600. The molecule has 5 heteroatoms. The fraction of sp³-hybridized carbons (Fsp3) is 0.0714. The van der Waals surface area contributed by atoms with Gasteiger partial charge in [-0.25, -0.2) is 0 Å². The van der Waals surface area contributed by atoms with E-state index in [0.29, 0.717) is 21.8 Å². The van der Waals surface area contributed by atoms with Crippen molar-refractivity contribution in [1.29, 1.82) is 0 Å². The minimum Gasteiger partial charge on any atom is -0.612 e. The number of nitrogens with two attached hydrogens (primary N) is 1. The third-order valence-corrected chi connectivity index (χ3v) is 3.63. The Balaban J connectivity index is 2.27. The second-order valence-electron chi connectivity index (χ2n) is 3.99. The predicted molar refractivity (Wildman–Crippen MR) is 77.6 cm³/mol. The van der Waals surface area contributed by atoms with E-state index in [1.807, 2.05) is 0 Å². The van der Waals surface area contributed by atoms with E-state index in [4.69, 9.17) is 5.73 Å². The lowest BCUT2D eigenvalue weighted by atomic mass is 10.1. The lowest BCUT2D eigenvalue weighted by molar-refractivity contribution is 0.102. The molecule has 0 radical (unpaired) electrons. The zero-order chi connectivity index (χ0) is 13.8. The molecule has 0 aliphatic rings. The van der Waals surface area contributed by atoms with Gasteiger partial charge in [-0.3, -0.25) is 4.79 Å². The van der Waals surface area contributed by atoms with Crippen molar-refractivity contribution in [3.63, 3.8) is 0 Å². The van der Waals surface area contributed by atoms with Crippen LogP contribution in [0.25, 0.3) is 0 Å². The Hall–Kier alpha value is -1.98. The van der Waals surface area contributed by atoms with E-state index < -0.39 is 11.2 Å². The highest BCUT2D eigenvalue weighted by atomic mass is 32.2. The third kappa shape index (κ3) is 3.07. The third-order valence-electron chi connectivity index (χ3n) is 2.65. The Kier molecular flexibility index (Phi) is 4.09. The highest BCUT2D eigenvalue weighted by molar-refractivity contribution is 7.90. The molecule has 0 aromatic heterocycles. The van der Waals surface area contributed by atoms with Crippen LogP contribution in [0, 0.1) is 0 Å². The van der Waals surface area contributed by atoms with Crippen molar-refractivity contribution in [2.45, 2.75) is 4.90 Å². The smallest absolute Gasteiger partial charge is 0.257 e. The second-order valence-corrected chi connectivity index (χ2v) is 5.34. The van der Waals surface area contributed by atoms with Gasteiger partial charge in [-0.05, 0) is 35.4 Å². The summed E-state index contributed by atoms with van der Waals surface area (Å²) in [5, 5.41) is 2.74. The number of nitrogen functional groups attached to an aromatic ring is 1. The summed E-state index contributed by atoms with van der Waals surface area (Å²) >= 11 is -1.16. The predicted octanol–water partition coefficient (Wildman–Crippen LogP) is 2.26. The van der Waals surface area contributed by atoms with Gasteiger partial charge in [-0.2, -0.15) is 0 Å². The minimum atomic E-state index is -1.16. The van der Waals surface area contributed by atoms with Gasteiger partial charge in [0.15, 0.2) is 4.90 Å². The number of hydrogen-bond donors (Lipinski definition) is 2. The first-order chi connectivity index (χ1) is 9.09. The first-order valence-electron chi connectivity index (χ1n) is 5.68. The molecule has 19 heavy (non-hydrogen) atoms. The number of nitrogens with one attached hydrogen (secondary N) is 1. The van der Waals surface area contributed by atoms with Gasteiger partial charge in [-0.15, -0.1) is 0 Å². The van der Waals surface area contributed by atoms with Gasteiger partial charge < -0.3 is 15.6 Å². The molecule has 2 aromatic rings. The minimum absolute atomic E-state index is 0.309. The molecule has 0 aliphatic heterocycles. The number of carbonyl (C=O) groups excluding carboxylic acids is 1. The number of carbonyl (C=O) groups is 1. The van der Waals surface area contributed by atoms with Crippen LogP contribution in [-0.2, 0) is 11.2 Å². The summed E-state index contributed by atoms with van der Waals surface area (Å²) in [4.78, 5) is 12.7. The molecule has 1 amide bonds. The quantitative estimate of drug-likeness (QED) is 0.665. The maximum absolute atomic E-state index is 12.1. The van der Waals surface area contributed by atoms with Crippen LogP contribution in [-0.4, -0.2) is 16.7 Å². The van der Waals surface area contributed by atoms with Crippen molar-refractivity contribution in [2.75, 3.05) is 17.3 Å². The Morgan fingerprint density at radius 3 is 2.47 bits per heavy atom. The first kappa shape index (κ1) is 13.5. The standard InChI is InChI=1S/C14H14N2O2S/c1-19(18)13-9-5-4-8-12(13)16-14(17)10-6-2-3-7-11(10)15/h2-9H,15H2,1H3,(H,16,17). The summed E-state index contributed by atoms with van der Waals surface area (Å²) in [7, 11) is 0. The summed E-state index contributed by atoms with van der Waals surface area (Å²) in [6, 6.07) is 13.8. The van der Waals surface area contributed by atoms with Crippen LogP contribution in [0.3, 0.4) is 0 Å². The topological polar surface area (TPSA) is 78.2 Å². The summed E-state index contributed by atoms with van der Waals surface area (Å²) in [6.07, 6.45) is 1.57. The van der Waals surface area contributed by atoms with Gasteiger partial charge in [0.2, 0.25) is 0 Å². The van der Waals surface area contributed by atoms with Crippen molar-refractivity contribution >= 4 is 28.5 Å². The molecule has 0 fully saturated rings. The van der Waals surface area contributed by atoms with Crippen LogP contribution in [0.5, 0.6) is 0 Å². The Morgan fingerprint density at radius 1 is 1.16 bits per heavy atom. The fourth-order valence-corrected chi connectivity index (χ4v) is 2.41. The molecule has 1 atom stereocenters. The maximum atomic E-state index is 12.1. The van der Waals surface area contributed by atoms with Crippen LogP contribution in [0.2, 0.25) is 0 Å². The highest BCUT2D eigenvalue weighted by Gasteiger charge is 2.15. The Morgan fingerprint density at radius 2 is 1.79 bits per heavy atom. The van der Waals surface area contributed by atoms with Gasteiger partial charge in [-0.1, -0.05) is 24.3 Å². The molecule has 3 N–H and O–H groups in total. The largest absolute Gasteiger partial charge is 0.612 e. The van der Waals surface area contributed by atoms with Gasteiger partial charge in [0.1, 0.15) is 6.26 Å². The molecule has 0 saturated carbocycles. The number of amides is 1. The van der Waals surface area contributed by atoms with E-state index in [2.05, 4.69) is 5.32 Å². The number of rotatable bonds is 3. The normalized spacial score (nSPS) is 11.9. The molecule has 0 saturated heterocycles. The Labute approximate surface area is 114 Å². The highest BCUT2D eigenvalue weighted by Crippen LogP contribution is 2.22. The van der Waals surface area contributed by atoms with Crippen LogP contribution >= 0.6 is 0 Å². The molecule has 0 heterocycles. The number of para-hydroxylation sites is 2. The van der Waals surface area contributed by atoms with E-state index in [-0.39, 0.29) is 5.91 Å². The average molecular weight is 274 g/mol. The number of hydrogen-bond acceptors (Lipinski definition) is 3. The molecule has 2 aromatic carbocycles. The molecule has 0 bridgehead atoms. The maximum Gasteiger partial charge on any atom is 0.257 e. The van der Waals surface area contributed by atoms with E-state index >= 15 is 0 Å². The van der Waals surface area contributed by atoms with E-state index in [1.54, 1.807) is 54.8 Å². The molecule has 0 aliphatic carbocycles. The summed E-state index contributed by atoms with van der Waals surface area (Å²) in [5.41, 5.74) is 7.10. The number of anilines is 2. The lowest BCUT2D eigenvalue weighted by Crippen LogP contribution is -2.16. The van der Waals surface area contributed by atoms with Crippen LogP contribution in [0.1, 0.15) is 10.4 Å². The monoisotopic (exact) mass is 274 g/mol. The molecule has 0 spiro atoms. The van der Waals surface area contributed by atoms with Gasteiger partial charge >= 0.3 is 0 Å². The van der Waals surface area contributed by atoms with Gasteiger partial charge in [0.05, 0.1) is 11.3 Å². The molecule has 1 unspecified atom stereocenters. The molecule has 4 nitrogen and oxygen atoms in total. The number of benzene rings is 2. The zero-order valence-electron chi connectivity index (χ0n) is 10.4. The SMILES string of the molecule is C[S+]([O-])c1ccccc1NC(=O)c1ccccc1N. The van der Waals surface area contributed by atoms with Crippen LogP contribution in [0.15, 0.2) is 53.4 Å². The van der Waals surface area contributed by atoms with E-state index in [1.165, 1.54) is 0 Å². The fourth-order valence-electron chi connectivity index (χ4n) is 1.71. The molecule has 2 rings (SSSR count). The van der Waals surface area contributed by atoms with Crippen molar-refractivity contribution in [2.24, 2.45) is 0 Å². The van der Waals surface area contributed by atoms with E-state index in [9.17, 15) is 9.35 Å². The van der Waals surface area contributed by atoms with Crippen molar-refractivity contribution in [1.82, 2.24) is 0 Å². The molecular weight excluding hydrogens is 260 g/mol. The van der Waals surface area contributed by atoms with Crippen LogP contribution < -0.4 is 11.1 Å². The van der Waals surface area contributed by atoms with Crippen LogP contribution in [0.4, 0.5) is 11.4 Å². The summed E-state index contributed by atoms with van der Waals surface area (Å²) in [6.45, 7) is 0. The summed E-state index contributed by atoms with van der Waals surface area (Å²) in [5.74, 6) is -0.309.